The van der Waals surface area contributed by atoms with Gasteiger partial charge in [0.2, 0.25) is 0 Å². The van der Waals surface area contributed by atoms with Crippen molar-refractivity contribution in [3.8, 4) is 10.4 Å². The second-order valence-corrected chi connectivity index (χ2v) is 11.8. The zero-order valence-corrected chi connectivity index (χ0v) is 22.0. The summed E-state index contributed by atoms with van der Waals surface area (Å²) >= 11 is 1.26. The molecule has 1 amide bonds. The maximum Gasteiger partial charge on any atom is 0.410 e. The standard InChI is InChI=1S/C26H33N5O4S/c1-25(2,3)35-24(33)30(4)19-12-16-5-6-17(11-18(16)13-19)22-20-21(29-36-22)23(32)31(15-28-20)14-26(34)7-9-27-10-8-26/h5-6,11,15,19,27,34H,7-10,12-14H2,1-4H3. The van der Waals surface area contributed by atoms with Crippen LogP contribution < -0.4 is 10.9 Å². The fourth-order valence-electron chi connectivity index (χ4n) is 5.02. The third-order valence-electron chi connectivity index (χ3n) is 7.06. The number of aliphatic hydroxyl groups is 1. The quantitative estimate of drug-likeness (QED) is 0.554. The fourth-order valence-corrected chi connectivity index (χ4v) is 5.84. The van der Waals surface area contributed by atoms with Crippen LogP contribution in [0.25, 0.3) is 21.5 Å². The summed E-state index contributed by atoms with van der Waals surface area (Å²) < 4.78 is 11.5. The molecule has 192 valence electrons. The molecule has 3 heterocycles. The number of carbonyl (C=O) groups is 1. The highest BCUT2D eigenvalue weighted by Gasteiger charge is 2.32. The minimum absolute atomic E-state index is 0.0365. The van der Waals surface area contributed by atoms with Gasteiger partial charge < -0.3 is 20.1 Å². The number of ether oxygens (including phenoxy) is 1. The zero-order chi connectivity index (χ0) is 25.7. The number of hydrogen-bond acceptors (Lipinski definition) is 8. The van der Waals surface area contributed by atoms with Crippen LogP contribution in [0.15, 0.2) is 29.3 Å². The number of fused-ring (bicyclic) bond motifs is 2. The molecule has 1 atom stereocenters. The van der Waals surface area contributed by atoms with Gasteiger partial charge in [0, 0.05) is 13.1 Å². The topological polar surface area (TPSA) is 110 Å². The molecule has 1 aliphatic heterocycles. The van der Waals surface area contributed by atoms with Gasteiger partial charge in [-0.3, -0.25) is 9.36 Å². The van der Waals surface area contributed by atoms with Gasteiger partial charge in [0.05, 0.1) is 23.4 Å². The molecule has 2 aromatic heterocycles. The Morgan fingerprint density at radius 2 is 1.97 bits per heavy atom. The van der Waals surface area contributed by atoms with E-state index in [0.717, 1.165) is 36.4 Å². The van der Waals surface area contributed by atoms with E-state index in [1.54, 1.807) is 11.9 Å². The molecule has 1 unspecified atom stereocenters. The minimum Gasteiger partial charge on any atom is -0.444 e. The molecule has 0 bridgehead atoms. The number of aromatic nitrogens is 3. The van der Waals surface area contributed by atoms with Gasteiger partial charge in [0.15, 0.2) is 5.52 Å². The van der Waals surface area contributed by atoms with E-state index in [1.165, 1.54) is 33.6 Å². The summed E-state index contributed by atoms with van der Waals surface area (Å²) in [5.74, 6) is 0. The highest BCUT2D eigenvalue weighted by Crippen LogP contribution is 2.34. The molecule has 0 spiro atoms. The van der Waals surface area contributed by atoms with Gasteiger partial charge in [-0.15, -0.1) is 0 Å². The molecule has 0 saturated carbocycles. The van der Waals surface area contributed by atoms with Crippen molar-refractivity contribution in [2.45, 2.75) is 70.2 Å². The van der Waals surface area contributed by atoms with Crippen molar-refractivity contribution in [1.82, 2.24) is 24.1 Å². The molecule has 2 N–H and O–H groups in total. The first-order chi connectivity index (χ1) is 17.0. The van der Waals surface area contributed by atoms with E-state index in [-0.39, 0.29) is 24.2 Å². The van der Waals surface area contributed by atoms with Crippen LogP contribution in [-0.2, 0) is 24.1 Å². The van der Waals surface area contributed by atoms with Crippen molar-refractivity contribution in [2.24, 2.45) is 0 Å². The first-order valence-electron chi connectivity index (χ1n) is 12.4. The van der Waals surface area contributed by atoms with E-state index >= 15 is 0 Å². The summed E-state index contributed by atoms with van der Waals surface area (Å²) in [6.07, 6.45) is 3.92. The molecule has 3 aromatic rings. The number of hydrogen-bond donors (Lipinski definition) is 2. The molecule has 1 aliphatic carbocycles. The average Bonchev–Trinajstić information content (AvgIpc) is 3.44. The lowest BCUT2D eigenvalue weighted by molar-refractivity contribution is -0.00630. The van der Waals surface area contributed by atoms with E-state index in [2.05, 4.69) is 26.8 Å². The second kappa shape index (κ2) is 9.24. The van der Waals surface area contributed by atoms with Gasteiger partial charge in [-0.25, -0.2) is 9.78 Å². The number of amides is 1. The van der Waals surface area contributed by atoms with Crippen molar-refractivity contribution in [3.05, 3.63) is 46.0 Å². The normalized spacial score (nSPS) is 19.3. The maximum atomic E-state index is 13.1. The Balaban J connectivity index is 1.37. The van der Waals surface area contributed by atoms with Crippen molar-refractivity contribution >= 4 is 28.7 Å². The van der Waals surface area contributed by atoms with E-state index < -0.39 is 11.2 Å². The number of likely N-dealkylation sites (N-methyl/N-ethyl adjacent to an activating group) is 1. The predicted molar refractivity (Wildman–Crippen MR) is 139 cm³/mol. The predicted octanol–water partition coefficient (Wildman–Crippen LogP) is 2.97. The van der Waals surface area contributed by atoms with Crippen LogP contribution in [0, 0.1) is 0 Å². The van der Waals surface area contributed by atoms with Gasteiger partial charge >= 0.3 is 6.09 Å². The smallest absolute Gasteiger partial charge is 0.410 e. The van der Waals surface area contributed by atoms with Crippen LogP contribution in [0.2, 0.25) is 0 Å². The molecule has 5 rings (SSSR count). The number of nitrogens with one attached hydrogen (secondary N) is 1. The highest BCUT2D eigenvalue weighted by molar-refractivity contribution is 7.11. The molecule has 10 heteroatoms. The maximum absolute atomic E-state index is 13.1. The number of carbonyl (C=O) groups excluding carboxylic acids is 1. The van der Waals surface area contributed by atoms with Crippen LogP contribution in [0.5, 0.6) is 0 Å². The SMILES string of the molecule is CN(C(=O)OC(C)(C)C)C1Cc2ccc(-c3snc4c(=O)n(CC5(O)CCNCC5)cnc34)cc2C1. The molecule has 1 fully saturated rings. The van der Waals surface area contributed by atoms with E-state index in [4.69, 9.17) is 4.74 Å². The largest absolute Gasteiger partial charge is 0.444 e. The summed E-state index contributed by atoms with van der Waals surface area (Å²) in [6.45, 7) is 7.28. The Morgan fingerprint density at radius 1 is 1.25 bits per heavy atom. The first-order valence-corrected chi connectivity index (χ1v) is 13.2. The summed E-state index contributed by atoms with van der Waals surface area (Å²) in [7, 11) is 1.79. The molecule has 1 saturated heterocycles. The highest BCUT2D eigenvalue weighted by atomic mass is 32.1. The summed E-state index contributed by atoms with van der Waals surface area (Å²) in [6, 6.07) is 6.28. The van der Waals surface area contributed by atoms with Gasteiger partial charge in [-0.1, -0.05) is 12.1 Å². The Hall–Kier alpha value is -2.82. The molecular weight excluding hydrogens is 478 g/mol. The van der Waals surface area contributed by atoms with Gasteiger partial charge in [-0.2, -0.15) is 4.37 Å². The van der Waals surface area contributed by atoms with Crippen molar-refractivity contribution < 1.29 is 14.6 Å². The third kappa shape index (κ3) is 4.89. The molecule has 0 radical (unpaired) electrons. The monoisotopic (exact) mass is 511 g/mol. The minimum atomic E-state index is -0.910. The van der Waals surface area contributed by atoms with Gasteiger partial charge in [-0.05, 0) is 93.8 Å². The van der Waals surface area contributed by atoms with Crippen LogP contribution >= 0.6 is 11.5 Å². The van der Waals surface area contributed by atoms with Crippen molar-refractivity contribution in [2.75, 3.05) is 20.1 Å². The Kier molecular flexibility index (Phi) is 6.38. The fraction of sp³-hybridized carbons (Fsp3) is 0.538. The van der Waals surface area contributed by atoms with E-state index in [9.17, 15) is 14.7 Å². The summed E-state index contributed by atoms with van der Waals surface area (Å²) in [5.41, 5.74) is 2.59. The number of nitrogens with zero attached hydrogens (tertiary/aromatic N) is 4. The van der Waals surface area contributed by atoms with E-state index in [1.807, 2.05) is 26.8 Å². The third-order valence-corrected chi connectivity index (χ3v) is 7.95. The molecular formula is C26H33N5O4S. The average molecular weight is 512 g/mol. The lowest BCUT2D eigenvalue weighted by atomic mass is 9.92. The Labute approximate surface area is 214 Å². The van der Waals surface area contributed by atoms with Crippen LogP contribution in [-0.4, -0.2) is 67.4 Å². The molecule has 36 heavy (non-hydrogen) atoms. The van der Waals surface area contributed by atoms with Gasteiger partial charge in [0.1, 0.15) is 11.1 Å². The van der Waals surface area contributed by atoms with Crippen molar-refractivity contribution in [3.63, 3.8) is 0 Å². The molecule has 1 aromatic carbocycles. The van der Waals surface area contributed by atoms with Crippen molar-refractivity contribution in [1.29, 1.82) is 0 Å². The molecule has 9 nitrogen and oxygen atoms in total. The number of benzene rings is 1. The lowest BCUT2D eigenvalue weighted by Crippen LogP contribution is -2.46. The van der Waals surface area contributed by atoms with E-state index in [0.29, 0.717) is 23.9 Å². The molecule has 2 aliphatic rings. The number of rotatable bonds is 4. The van der Waals surface area contributed by atoms with Crippen LogP contribution in [0.1, 0.15) is 44.7 Å². The lowest BCUT2D eigenvalue weighted by Gasteiger charge is -2.32. The summed E-state index contributed by atoms with van der Waals surface area (Å²) in [4.78, 5) is 32.8. The second-order valence-electron chi connectivity index (χ2n) is 11.0. The summed E-state index contributed by atoms with van der Waals surface area (Å²) in [5, 5.41) is 14.1. The zero-order valence-electron chi connectivity index (χ0n) is 21.2. The first kappa shape index (κ1) is 24.9. The Bertz CT molecular complexity index is 1350. The van der Waals surface area contributed by atoms with Crippen LogP contribution in [0.4, 0.5) is 4.79 Å². The Morgan fingerprint density at radius 3 is 2.69 bits per heavy atom. The van der Waals surface area contributed by atoms with Crippen LogP contribution in [0.3, 0.4) is 0 Å². The number of piperidine rings is 1. The van der Waals surface area contributed by atoms with Gasteiger partial charge in [0.25, 0.3) is 5.56 Å².